The quantitative estimate of drug-likeness (QED) is 0.451. The van der Waals surface area contributed by atoms with Crippen LogP contribution in [0.4, 0.5) is 0 Å². The highest BCUT2D eigenvalue weighted by molar-refractivity contribution is 7.74. The van der Waals surface area contributed by atoms with Crippen LogP contribution in [-0.2, 0) is 20.3 Å². The summed E-state index contributed by atoms with van der Waals surface area (Å²) < 4.78 is 29.6. The fourth-order valence-corrected chi connectivity index (χ4v) is 1.49. The molecule has 1 saturated heterocycles. The highest BCUT2D eigenvalue weighted by atomic mass is 32.2. The zero-order valence-corrected chi connectivity index (χ0v) is 8.25. The first kappa shape index (κ1) is 11.1. The van der Waals surface area contributed by atoms with Crippen LogP contribution in [0.5, 0.6) is 0 Å². The van der Waals surface area contributed by atoms with Crippen LogP contribution in [0.1, 0.15) is 6.42 Å². The van der Waals surface area contributed by atoms with Crippen LogP contribution >= 0.6 is 0 Å². The van der Waals surface area contributed by atoms with Gasteiger partial charge in [0.2, 0.25) is 0 Å². The summed E-state index contributed by atoms with van der Waals surface area (Å²) in [6.45, 7) is 4.55. The lowest BCUT2D eigenvalue weighted by atomic mass is 10.3. The smallest absolute Gasteiger partial charge is 0.0842 e. The topological polar surface area (TPSA) is 61.8 Å². The molecule has 1 rings (SSSR count). The van der Waals surface area contributed by atoms with Crippen LogP contribution in [0, 0.1) is 0 Å². The van der Waals surface area contributed by atoms with E-state index in [1.807, 2.05) is 0 Å². The zero-order valence-electron chi connectivity index (χ0n) is 7.44. The van der Waals surface area contributed by atoms with Gasteiger partial charge in [0.15, 0.2) is 0 Å². The van der Waals surface area contributed by atoms with Gasteiger partial charge in [-0.3, -0.25) is 4.90 Å². The highest BCUT2D eigenvalue weighted by Gasteiger charge is 2.08. The lowest BCUT2D eigenvalue weighted by molar-refractivity contribution is 0.0358. The second-order valence-electron chi connectivity index (χ2n) is 2.83. The normalized spacial score (nSPS) is 21.6. The number of hydrogen-bond acceptors (Lipinski definition) is 5. The van der Waals surface area contributed by atoms with Gasteiger partial charge in [0, 0.05) is 19.6 Å². The van der Waals surface area contributed by atoms with Crippen molar-refractivity contribution in [1.82, 2.24) is 4.90 Å². The first-order chi connectivity index (χ1) is 6.29. The van der Waals surface area contributed by atoms with Crippen molar-refractivity contribution in [3.8, 4) is 0 Å². The van der Waals surface area contributed by atoms with Gasteiger partial charge in [0.25, 0.3) is 0 Å². The Balaban J connectivity index is 1.95. The van der Waals surface area contributed by atoms with Gasteiger partial charge in [-0.15, -0.1) is 0 Å². The first-order valence-electron chi connectivity index (χ1n) is 4.31. The minimum absolute atomic E-state index is 0.271. The van der Waals surface area contributed by atoms with Crippen LogP contribution in [0.15, 0.2) is 0 Å². The molecule has 1 fully saturated rings. The maximum Gasteiger partial charge on any atom is 0.0842 e. The van der Waals surface area contributed by atoms with Crippen LogP contribution in [0.25, 0.3) is 0 Å². The molecule has 0 N–H and O–H groups in total. The Bertz CT molecular complexity index is 161. The third-order valence-corrected chi connectivity index (χ3v) is 2.26. The van der Waals surface area contributed by atoms with Gasteiger partial charge in [-0.25, -0.2) is 4.21 Å². The van der Waals surface area contributed by atoms with Crippen molar-refractivity contribution in [2.75, 3.05) is 39.5 Å². The average Bonchev–Trinajstić information content (AvgIpc) is 2.14. The number of ether oxygens (including phenoxy) is 1. The van der Waals surface area contributed by atoms with Crippen LogP contribution < -0.4 is 0 Å². The molecule has 13 heavy (non-hydrogen) atoms. The van der Waals surface area contributed by atoms with E-state index in [4.69, 9.17) is 4.74 Å². The molecule has 6 heteroatoms. The maximum atomic E-state index is 9.99. The summed E-state index contributed by atoms with van der Waals surface area (Å²) >= 11 is -2.37. The molecule has 1 unspecified atom stereocenters. The van der Waals surface area contributed by atoms with Crippen LogP contribution in [0.2, 0.25) is 0 Å². The van der Waals surface area contributed by atoms with Crippen molar-refractivity contribution in [2.24, 2.45) is 0 Å². The van der Waals surface area contributed by atoms with E-state index in [9.17, 15) is 8.76 Å². The summed E-state index contributed by atoms with van der Waals surface area (Å²) in [5, 5.41) is 0. The number of hydrogen-bond donors (Lipinski definition) is 0. The lowest BCUT2D eigenvalue weighted by Gasteiger charge is -2.26. The van der Waals surface area contributed by atoms with Crippen LogP contribution in [0.3, 0.4) is 0 Å². The highest BCUT2D eigenvalue weighted by Crippen LogP contribution is 1.98. The molecule has 0 radical (unpaired) electrons. The maximum absolute atomic E-state index is 9.99. The van der Waals surface area contributed by atoms with E-state index in [0.29, 0.717) is 0 Å². The standard InChI is InChI=1S/C7H15NO4S/c9-13(10)12-5-1-2-8-3-6-11-7-4-8/h1-7H2,(H,9,10)/p-1. The van der Waals surface area contributed by atoms with Crippen molar-refractivity contribution in [3.05, 3.63) is 0 Å². The van der Waals surface area contributed by atoms with Gasteiger partial charge < -0.3 is 13.5 Å². The van der Waals surface area contributed by atoms with Gasteiger partial charge in [0.05, 0.1) is 31.2 Å². The average molecular weight is 208 g/mol. The SMILES string of the molecule is O=S([O-])OCCCN1CCOCC1. The summed E-state index contributed by atoms with van der Waals surface area (Å²) in [5.74, 6) is 0. The third-order valence-electron chi connectivity index (χ3n) is 1.90. The summed E-state index contributed by atoms with van der Waals surface area (Å²) in [6, 6.07) is 0. The van der Waals surface area contributed by atoms with Crippen molar-refractivity contribution >= 4 is 11.4 Å². The molecule has 0 aromatic carbocycles. The van der Waals surface area contributed by atoms with Crippen molar-refractivity contribution in [3.63, 3.8) is 0 Å². The molecule has 1 atom stereocenters. The third kappa shape index (κ3) is 5.33. The van der Waals surface area contributed by atoms with Gasteiger partial charge in [-0.1, -0.05) is 0 Å². The van der Waals surface area contributed by atoms with E-state index >= 15 is 0 Å². The molecular weight excluding hydrogens is 194 g/mol. The Morgan fingerprint density at radius 2 is 2.15 bits per heavy atom. The molecule has 0 aliphatic carbocycles. The van der Waals surface area contributed by atoms with Gasteiger partial charge in [0.1, 0.15) is 0 Å². The van der Waals surface area contributed by atoms with Crippen molar-refractivity contribution in [1.29, 1.82) is 0 Å². The molecule has 0 saturated carbocycles. The molecule has 0 aromatic heterocycles. The second kappa shape index (κ2) is 6.44. The molecule has 0 bridgehead atoms. The van der Waals surface area contributed by atoms with Crippen LogP contribution in [-0.4, -0.2) is 53.1 Å². The Morgan fingerprint density at radius 1 is 1.46 bits per heavy atom. The molecule has 1 aliphatic heterocycles. The molecular formula is C7H14NO4S-. The van der Waals surface area contributed by atoms with Gasteiger partial charge in [-0.2, -0.15) is 0 Å². The molecule has 5 nitrogen and oxygen atoms in total. The van der Waals surface area contributed by atoms with Crippen molar-refractivity contribution < 1.29 is 17.7 Å². The summed E-state index contributed by atoms with van der Waals surface area (Å²) in [6.07, 6.45) is 0.744. The predicted molar refractivity (Wildman–Crippen MR) is 46.7 cm³/mol. The van der Waals surface area contributed by atoms with E-state index in [2.05, 4.69) is 9.08 Å². The Hall–Kier alpha value is -0.0100. The Labute approximate surface area is 80.5 Å². The minimum atomic E-state index is -2.37. The molecule has 78 valence electrons. The summed E-state index contributed by atoms with van der Waals surface area (Å²) in [4.78, 5) is 2.24. The largest absolute Gasteiger partial charge is 0.750 e. The van der Waals surface area contributed by atoms with E-state index in [-0.39, 0.29) is 6.61 Å². The van der Waals surface area contributed by atoms with Gasteiger partial charge >= 0.3 is 0 Å². The minimum Gasteiger partial charge on any atom is -0.750 e. The Morgan fingerprint density at radius 3 is 2.77 bits per heavy atom. The number of morpholine rings is 1. The first-order valence-corrected chi connectivity index (χ1v) is 5.31. The summed E-state index contributed by atoms with van der Waals surface area (Å²) in [5.41, 5.74) is 0. The van der Waals surface area contributed by atoms with E-state index < -0.39 is 11.4 Å². The number of nitrogens with zero attached hydrogens (tertiary/aromatic N) is 1. The van der Waals surface area contributed by atoms with E-state index in [1.165, 1.54) is 0 Å². The molecule has 0 spiro atoms. The van der Waals surface area contributed by atoms with Gasteiger partial charge in [-0.05, 0) is 6.42 Å². The lowest BCUT2D eigenvalue weighted by Crippen LogP contribution is -2.37. The fraction of sp³-hybridized carbons (Fsp3) is 1.00. The van der Waals surface area contributed by atoms with E-state index in [0.717, 1.165) is 39.3 Å². The monoisotopic (exact) mass is 208 g/mol. The summed E-state index contributed by atoms with van der Waals surface area (Å²) in [7, 11) is 0. The molecule has 1 aliphatic rings. The second-order valence-corrected chi connectivity index (χ2v) is 3.48. The van der Waals surface area contributed by atoms with E-state index in [1.54, 1.807) is 0 Å². The predicted octanol–water partition coefficient (Wildman–Crippen LogP) is -0.481. The fourth-order valence-electron chi connectivity index (χ4n) is 1.24. The van der Waals surface area contributed by atoms with Crippen molar-refractivity contribution in [2.45, 2.75) is 6.42 Å². The zero-order chi connectivity index (χ0) is 9.52. The Kier molecular flexibility index (Phi) is 5.49. The number of rotatable bonds is 5. The molecule has 0 aromatic rings. The molecule has 0 amide bonds. The molecule has 1 heterocycles.